The molecule has 4 rings (SSSR count). The summed E-state index contributed by atoms with van der Waals surface area (Å²) in [6.07, 6.45) is 10.2. The first-order valence-corrected chi connectivity index (χ1v) is 7.01. The fraction of sp³-hybridized carbons (Fsp3) is 0.857. The van der Waals surface area contributed by atoms with Crippen LogP contribution in [-0.4, -0.2) is 48.8 Å². The highest BCUT2D eigenvalue weighted by molar-refractivity contribution is 5.24. The monoisotopic (exact) mass is 234 g/mol. The van der Waals surface area contributed by atoms with Crippen LogP contribution in [-0.2, 0) is 4.74 Å². The van der Waals surface area contributed by atoms with E-state index < -0.39 is 0 Å². The number of likely N-dealkylation sites (tertiary alicyclic amines) is 1. The minimum atomic E-state index is 0.0687. The molecule has 0 aromatic heterocycles. The second-order valence-electron chi connectivity index (χ2n) is 6.54. The van der Waals surface area contributed by atoms with Gasteiger partial charge in [-0.05, 0) is 51.7 Å². The van der Waals surface area contributed by atoms with E-state index in [9.17, 15) is 0 Å². The first kappa shape index (κ1) is 10.5. The number of rotatable bonds is 0. The van der Waals surface area contributed by atoms with Crippen molar-refractivity contribution in [2.75, 3.05) is 26.7 Å². The van der Waals surface area contributed by atoms with E-state index in [1.165, 1.54) is 38.8 Å². The largest absolute Gasteiger partial charge is 0.362 e. The second-order valence-corrected chi connectivity index (χ2v) is 6.54. The lowest BCUT2D eigenvalue weighted by Gasteiger charge is -2.50. The standard InChI is InChI=1S/C14H22N2O/c1-16-6-4-13(5-7-16)9-11-8-12-2-3-14(11,17-12)10-15-13/h2-3,11-12,15H,4-10H2,1H3/t11?,12-,14-/m1/s1. The maximum atomic E-state index is 6.13. The normalized spacial score (nSPS) is 47.6. The molecule has 3 saturated heterocycles. The van der Waals surface area contributed by atoms with E-state index in [1.54, 1.807) is 0 Å². The molecule has 2 spiro atoms. The molecule has 1 N–H and O–H groups in total. The van der Waals surface area contributed by atoms with Crippen molar-refractivity contribution in [3.05, 3.63) is 12.2 Å². The molecular formula is C14H22N2O. The van der Waals surface area contributed by atoms with Gasteiger partial charge in [-0.15, -0.1) is 0 Å². The number of piperidine rings is 2. The van der Waals surface area contributed by atoms with Crippen LogP contribution in [0.1, 0.15) is 25.7 Å². The van der Waals surface area contributed by atoms with Crippen LogP contribution in [0.4, 0.5) is 0 Å². The molecule has 3 heteroatoms. The SMILES string of the molecule is CN1CCC2(CC1)CC1C[C@H]3C=C[C@]1(CN2)O3. The quantitative estimate of drug-likeness (QED) is 0.637. The maximum Gasteiger partial charge on any atom is 0.102 e. The zero-order valence-electron chi connectivity index (χ0n) is 10.6. The van der Waals surface area contributed by atoms with Crippen molar-refractivity contribution in [2.45, 2.75) is 42.9 Å². The van der Waals surface area contributed by atoms with Crippen molar-refractivity contribution in [3.63, 3.8) is 0 Å². The van der Waals surface area contributed by atoms with Crippen molar-refractivity contribution in [1.82, 2.24) is 10.2 Å². The van der Waals surface area contributed by atoms with Gasteiger partial charge in [0.15, 0.2) is 0 Å². The Labute approximate surface area is 103 Å². The fourth-order valence-corrected chi connectivity index (χ4v) is 4.27. The molecule has 0 saturated carbocycles. The summed E-state index contributed by atoms with van der Waals surface area (Å²) in [4.78, 5) is 2.45. The number of hydrogen-bond acceptors (Lipinski definition) is 3. The summed E-state index contributed by atoms with van der Waals surface area (Å²) in [5, 5.41) is 3.84. The molecule has 17 heavy (non-hydrogen) atoms. The third-order valence-corrected chi connectivity index (χ3v) is 5.49. The Morgan fingerprint density at radius 2 is 2.18 bits per heavy atom. The molecule has 4 heterocycles. The summed E-state index contributed by atoms with van der Waals surface area (Å²) in [7, 11) is 2.24. The predicted molar refractivity (Wildman–Crippen MR) is 66.9 cm³/mol. The third-order valence-electron chi connectivity index (χ3n) is 5.49. The minimum Gasteiger partial charge on any atom is -0.362 e. The lowest BCUT2D eigenvalue weighted by molar-refractivity contribution is -0.0321. The zero-order chi connectivity index (χ0) is 11.5. The van der Waals surface area contributed by atoms with E-state index in [4.69, 9.17) is 4.74 Å². The van der Waals surface area contributed by atoms with E-state index in [1.807, 2.05) is 0 Å². The lowest BCUT2D eigenvalue weighted by Crippen LogP contribution is -2.63. The van der Waals surface area contributed by atoms with E-state index in [-0.39, 0.29) is 5.60 Å². The topological polar surface area (TPSA) is 24.5 Å². The summed E-state index contributed by atoms with van der Waals surface area (Å²) in [6, 6.07) is 0. The zero-order valence-corrected chi connectivity index (χ0v) is 10.6. The number of ether oxygens (including phenoxy) is 1. The van der Waals surface area contributed by atoms with E-state index in [0.717, 1.165) is 12.5 Å². The molecule has 0 aliphatic carbocycles. The van der Waals surface area contributed by atoms with Gasteiger partial charge in [0, 0.05) is 12.1 Å². The number of nitrogens with zero attached hydrogens (tertiary/aromatic N) is 1. The Hall–Kier alpha value is -0.380. The van der Waals surface area contributed by atoms with Crippen molar-refractivity contribution >= 4 is 0 Å². The highest BCUT2D eigenvalue weighted by Gasteiger charge is 2.56. The summed E-state index contributed by atoms with van der Waals surface area (Å²) in [5.74, 6) is 0.766. The molecule has 0 aromatic rings. The lowest BCUT2D eigenvalue weighted by atomic mass is 9.68. The Balaban J connectivity index is 1.54. The van der Waals surface area contributed by atoms with Gasteiger partial charge in [0.25, 0.3) is 0 Å². The van der Waals surface area contributed by atoms with Crippen LogP contribution in [0.2, 0.25) is 0 Å². The van der Waals surface area contributed by atoms with E-state index in [2.05, 4.69) is 29.4 Å². The average molecular weight is 234 g/mol. The van der Waals surface area contributed by atoms with Gasteiger partial charge >= 0.3 is 0 Å². The Morgan fingerprint density at radius 1 is 1.35 bits per heavy atom. The van der Waals surface area contributed by atoms with Crippen molar-refractivity contribution in [1.29, 1.82) is 0 Å². The van der Waals surface area contributed by atoms with E-state index in [0.29, 0.717) is 11.6 Å². The number of fused-ring (bicyclic) bond motifs is 1. The maximum absolute atomic E-state index is 6.13. The Bertz CT molecular complexity index is 359. The molecule has 1 unspecified atom stereocenters. The third kappa shape index (κ3) is 1.46. The van der Waals surface area contributed by atoms with E-state index >= 15 is 0 Å². The molecule has 3 atom stereocenters. The van der Waals surface area contributed by atoms with Gasteiger partial charge in [-0.1, -0.05) is 12.2 Å². The molecule has 4 aliphatic rings. The summed E-state index contributed by atoms with van der Waals surface area (Å²) >= 11 is 0. The Morgan fingerprint density at radius 3 is 2.94 bits per heavy atom. The molecule has 0 amide bonds. The minimum absolute atomic E-state index is 0.0687. The highest BCUT2D eigenvalue weighted by Crippen LogP contribution is 2.50. The molecule has 3 fully saturated rings. The van der Waals surface area contributed by atoms with Crippen molar-refractivity contribution < 1.29 is 4.74 Å². The summed E-state index contributed by atoms with van der Waals surface area (Å²) in [5.41, 5.74) is 0.489. The molecule has 2 bridgehead atoms. The van der Waals surface area contributed by atoms with Crippen LogP contribution < -0.4 is 5.32 Å². The van der Waals surface area contributed by atoms with Gasteiger partial charge in [-0.3, -0.25) is 0 Å². The van der Waals surface area contributed by atoms with Crippen LogP contribution in [0.15, 0.2) is 12.2 Å². The van der Waals surface area contributed by atoms with Gasteiger partial charge in [0.1, 0.15) is 5.60 Å². The van der Waals surface area contributed by atoms with Gasteiger partial charge in [-0.25, -0.2) is 0 Å². The van der Waals surface area contributed by atoms with Crippen LogP contribution in [0.3, 0.4) is 0 Å². The molecular weight excluding hydrogens is 212 g/mol. The van der Waals surface area contributed by atoms with Gasteiger partial charge < -0.3 is 15.0 Å². The second kappa shape index (κ2) is 3.34. The highest BCUT2D eigenvalue weighted by atomic mass is 16.5. The van der Waals surface area contributed by atoms with Crippen molar-refractivity contribution in [2.24, 2.45) is 5.92 Å². The first-order chi connectivity index (χ1) is 8.20. The predicted octanol–water partition coefficient (Wildman–Crippen LogP) is 1.16. The summed E-state index contributed by atoms with van der Waals surface area (Å²) < 4.78 is 6.13. The van der Waals surface area contributed by atoms with Gasteiger partial charge in [-0.2, -0.15) is 0 Å². The molecule has 94 valence electrons. The first-order valence-electron chi connectivity index (χ1n) is 7.01. The van der Waals surface area contributed by atoms with Crippen LogP contribution in [0.5, 0.6) is 0 Å². The van der Waals surface area contributed by atoms with Gasteiger partial charge in [0.2, 0.25) is 0 Å². The molecule has 4 aliphatic heterocycles. The molecule has 0 aromatic carbocycles. The summed E-state index contributed by atoms with van der Waals surface area (Å²) in [6.45, 7) is 3.52. The molecule has 0 radical (unpaired) electrons. The Kier molecular flexibility index (Phi) is 2.07. The number of hydrogen-bond donors (Lipinski definition) is 1. The number of nitrogens with one attached hydrogen (secondary N) is 1. The van der Waals surface area contributed by atoms with Gasteiger partial charge in [0.05, 0.1) is 6.10 Å². The fourth-order valence-electron chi connectivity index (χ4n) is 4.27. The van der Waals surface area contributed by atoms with Crippen LogP contribution in [0.25, 0.3) is 0 Å². The van der Waals surface area contributed by atoms with Crippen molar-refractivity contribution in [3.8, 4) is 0 Å². The smallest absolute Gasteiger partial charge is 0.102 e. The average Bonchev–Trinajstić information content (AvgIpc) is 2.89. The van der Waals surface area contributed by atoms with Crippen LogP contribution in [0, 0.1) is 5.92 Å². The van der Waals surface area contributed by atoms with Crippen LogP contribution >= 0.6 is 0 Å². The molecule has 3 nitrogen and oxygen atoms in total.